The monoisotopic (exact) mass is 274 g/mol. The van der Waals surface area contributed by atoms with Crippen LogP contribution in [0.5, 0.6) is 0 Å². The lowest BCUT2D eigenvalue weighted by atomic mass is 9.64. The van der Waals surface area contributed by atoms with E-state index in [2.05, 4.69) is 36.7 Å². The Morgan fingerprint density at radius 1 is 1.40 bits per heavy atom. The summed E-state index contributed by atoms with van der Waals surface area (Å²) in [6.45, 7) is 8.70. The number of halogens is 1. The van der Waals surface area contributed by atoms with Gasteiger partial charge in [-0.3, -0.25) is 4.79 Å². The van der Waals surface area contributed by atoms with Crippen LogP contribution in [-0.2, 0) is 9.53 Å². The van der Waals surface area contributed by atoms with Crippen LogP contribution < -0.4 is 0 Å². The summed E-state index contributed by atoms with van der Waals surface area (Å²) in [5.74, 6) is 0.422. The average Bonchev–Trinajstić information content (AvgIpc) is 2.29. The maximum Gasteiger partial charge on any atom is 0.309 e. The first-order chi connectivity index (χ1) is 6.73. The van der Waals surface area contributed by atoms with Gasteiger partial charge >= 0.3 is 5.97 Å². The molecule has 3 heteroatoms. The van der Waals surface area contributed by atoms with E-state index >= 15 is 0 Å². The van der Waals surface area contributed by atoms with Gasteiger partial charge in [0, 0.05) is 5.92 Å². The molecule has 2 aliphatic rings. The zero-order valence-electron chi connectivity index (χ0n) is 9.84. The van der Waals surface area contributed by atoms with E-state index in [-0.39, 0.29) is 22.3 Å². The molecular formula is C12H19BrO2. The van der Waals surface area contributed by atoms with Gasteiger partial charge in [0.1, 0.15) is 6.10 Å². The van der Waals surface area contributed by atoms with Crippen LogP contribution in [0.3, 0.4) is 0 Å². The highest BCUT2D eigenvalue weighted by Gasteiger charge is 2.56. The van der Waals surface area contributed by atoms with Crippen molar-refractivity contribution in [3.8, 4) is 0 Å². The van der Waals surface area contributed by atoms with Crippen molar-refractivity contribution in [3.05, 3.63) is 0 Å². The second kappa shape index (κ2) is 3.22. The van der Waals surface area contributed by atoms with Crippen LogP contribution in [0.25, 0.3) is 0 Å². The summed E-state index contributed by atoms with van der Waals surface area (Å²) in [6.07, 6.45) is 2.21. The topological polar surface area (TPSA) is 26.3 Å². The molecule has 1 aliphatic carbocycles. The lowest BCUT2D eigenvalue weighted by Crippen LogP contribution is -2.48. The van der Waals surface area contributed by atoms with Crippen molar-refractivity contribution in [2.75, 3.05) is 0 Å². The molecule has 2 nitrogen and oxygen atoms in total. The molecule has 0 amide bonds. The van der Waals surface area contributed by atoms with E-state index in [0.717, 1.165) is 12.8 Å². The number of carbonyl (C=O) groups excluding carboxylic acids is 1. The van der Waals surface area contributed by atoms with Crippen molar-refractivity contribution >= 4 is 21.9 Å². The Morgan fingerprint density at radius 2 is 2.00 bits per heavy atom. The molecule has 4 atom stereocenters. The molecular weight excluding hydrogens is 256 g/mol. The van der Waals surface area contributed by atoms with Gasteiger partial charge in [0.2, 0.25) is 0 Å². The number of ether oxygens (including phenoxy) is 1. The molecule has 15 heavy (non-hydrogen) atoms. The SMILES string of the molecule is CC1C(=O)OC2C1CC(C)(C)CC2(C)Br. The summed E-state index contributed by atoms with van der Waals surface area (Å²) in [5.41, 5.74) is 0.293. The number of esters is 1. The molecule has 0 aromatic carbocycles. The van der Waals surface area contributed by atoms with E-state index in [0.29, 0.717) is 11.3 Å². The van der Waals surface area contributed by atoms with Gasteiger partial charge in [-0.25, -0.2) is 0 Å². The number of alkyl halides is 1. The molecule has 1 saturated heterocycles. The summed E-state index contributed by atoms with van der Waals surface area (Å²) >= 11 is 3.75. The summed E-state index contributed by atoms with van der Waals surface area (Å²) in [5, 5.41) is 0. The van der Waals surface area contributed by atoms with E-state index in [4.69, 9.17) is 4.74 Å². The van der Waals surface area contributed by atoms with Gasteiger partial charge in [0.05, 0.1) is 10.2 Å². The quantitative estimate of drug-likeness (QED) is 0.501. The van der Waals surface area contributed by atoms with Crippen LogP contribution in [-0.4, -0.2) is 16.4 Å². The van der Waals surface area contributed by atoms with Crippen LogP contribution in [0.4, 0.5) is 0 Å². The summed E-state index contributed by atoms with van der Waals surface area (Å²) in [4.78, 5) is 11.6. The molecule has 0 bridgehead atoms. The van der Waals surface area contributed by atoms with Gasteiger partial charge in [0.25, 0.3) is 0 Å². The van der Waals surface area contributed by atoms with Gasteiger partial charge in [-0.05, 0) is 25.2 Å². The fraction of sp³-hybridized carbons (Fsp3) is 0.917. The fourth-order valence-corrected chi connectivity index (χ4v) is 4.55. The van der Waals surface area contributed by atoms with Crippen molar-refractivity contribution in [1.82, 2.24) is 0 Å². The molecule has 0 aromatic heterocycles. The van der Waals surface area contributed by atoms with E-state index in [1.54, 1.807) is 0 Å². The number of rotatable bonds is 0. The average molecular weight is 275 g/mol. The zero-order valence-corrected chi connectivity index (χ0v) is 11.4. The highest BCUT2D eigenvalue weighted by molar-refractivity contribution is 9.10. The first-order valence-corrected chi connectivity index (χ1v) is 6.42. The van der Waals surface area contributed by atoms with Gasteiger partial charge in [-0.1, -0.05) is 36.7 Å². The van der Waals surface area contributed by atoms with Crippen LogP contribution in [0.1, 0.15) is 40.5 Å². The Kier molecular flexibility index (Phi) is 2.46. The molecule has 2 fully saturated rings. The highest BCUT2D eigenvalue weighted by atomic mass is 79.9. The minimum atomic E-state index is -0.0557. The van der Waals surface area contributed by atoms with Gasteiger partial charge in [0.15, 0.2) is 0 Å². The Labute approximate surface area is 99.9 Å². The van der Waals surface area contributed by atoms with Crippen molar-refractivity contribution in [3.63, 3.8) is 0 Å². The highest BCUT2D eigenvalue weighted by Crippen LogP contribution is 2.53. The largest absolute Gasteiger partial charge is 0.460 e. The van der Waals surface area contributed by atoms with E-state index in [9.17, 15) is 4.79 Å². The van der Waals surface area contributed by atoms with Crippen molar-refractivity contribution in [2.45, 2.75) is 51.0 Å². The Morgan fingerprint density at radius 3 is 2.60 bits per heavy atom. The molecule has 2 rings (SSSR count). The lowest BCUT2D eigenvalue weighted by molar-refractivity contribution is -0.145. The maximum atomic E-state index is 11.6. The van der Waals surface area contributed by atoms with Crippen LogP contribution in [0, 0.1) is 17.3 Å². The lowest BCUT2D eigenvalue weighted by Gasteiger charge is -2.46. The number of hydrogen-bond acceptors (Lipinski definition) is 2. The molecule has 86 valence electrons. The third kappa shape index (κ3) is 1.83. The zero-order chi connectivity index (χ0) is 11.4. The third-order valence-electron chi connectivity index (χ3n) is 3.85. The second-order valence-electron chi connectivity index (χ2n) is 6.13. The molecule has 1 saturated carbocycles. The van der Waals surface area contributed by atoms with Crippen molar-refractivity contribution in [2.24, 2.45) is 17.3 Å². The number of fused-ring (bicyclic) bond motifs is 1. The molecule has 4 unspecified atom stereocenters. The summed E-state index contributed by atoms with van der Waals surface area (Å²) in [6, 6.07) is 0. The summed E-state index contributed by atoms with van der Waals surface area (Å²) < 4.78 is 5.44. The first kappa shape index (κ1) is 11.4. The Hall–Kier alpha value is -0.0500. The number of carbonyl (C=O) groups is 1. The molecule has 1 aliphatic heterocycles. The van der Waals surface area contributed by atoms with Gasteiger partial charge < -0.3 is 4.74 Å². The van der Waals surface area contributed by atoms with Crippen molar-refractivity contribution < 1.29 is 9.53 Å². The first-order valence-electron chi connectivity index (χ1n) is 5.62. The Balaban J connectivity index is 2.31. The van der Waals surface area contributed by atoms with Crippen LogP contribution in [0.2, 0.25) is 0 Å². The summed E-state index contributed by atoms with van der Waals surface area (Å²) in [7, 11) is 0. The van der Waals surface area contributed by atoms with Crippen LogP contribution >= 0.6 is 15.9 Å². The maximum absolute atomic E-state index is 11.6. The van der Waals surface area contributed by atoms with Crippen LogP contribution in [0.15, 0.2) is 0 Å². The molecule has 0 aromatic rings. The van der Waals surface area contributed by atoms with E-state index < -0.39 is 0 Å². The predicted molar refractivity (Wildman–Crippen MR) is 62.9 cm³/mol. The number of hydrogen-bond donors (Lipinski definition) is 0. The predicted octanol–water partition coefficient (Wildman–Crippen LogP) is 3.14. The minimum absolute atomic E-state index is 0.0200. The molecule has 0 N–H and O–H groups in total. The normalized spacial score (nSPS) is 48.6. The molecule has 0 radical (unpaired) electrons. The Bertz CT molecular complexity index is 296. The molecule has 0 spiro atoms. The van der Waals surface area contributed by atoms with Gasteiger partial charge in [-0.2, -0.15) is 0 Å². The van der Waals surface area contributed by atoms with E-state index in [1.807, 2.05) is 6.92 Å². The molecule has 1 heterocycles. The smallest absolute Gasteiger partial charge is 0.309 e. The second-order valence-corrected chi connectivity index (χ2v) is 7.94. The third-order valence-corrected chi connectivity index (χ3v) is 4.58. The van der Waals surface area contributed by atoms with E-state index in [1.165, 1.54) is 0 Å². The fourth-order valence-electron chi connectivity index (χ4n) is 3.36. The van der Waals surface area contributed by atoms with Crippen molar-refractivity contribution in [1.29, 1.82) is 0 Å². The standard InChI is InChI=1S/C12H19BrO2/c1-7-8-5-11(2,3)6-12(4,13)9(8)15-10(7)14/h7-9H,5-6H2,1-4H3. The minimum Gasteiger partial charge on any atom is -0.460 e. The van der Waals surface area contributed by atoms with Gasteiger partial charge in [-0.15, -0.1) is 0 Å².